The fourth-order valence-electron chi connectivity index (χ4n) is 1.52. The first-order valence-electron chi connectivity index (χ1n) is 6.42. The third-order valence-corrected chi connectivity index (χ3v) is 5.44. The lowest BCUT2D eigenvalue weighted by molar-refractivity contribution is 0.581. The summed E-state index contributed by atoms with van der Waals surface area (Å²) in [7, 11) is 3.72. The Bertz CT molecular complexity index is 702. The number of aromatic nitrogens is 3. The number of anilines is 2. The van der Waals surface area contributed by atoms with Crippen molar-refractivity contribution < 1.29 is 8.42 Å². The van der Waals surface area contributed by atoms with E-state index >= 15 is 0 Å². The van der Waals surface area contributed by atoms with Crippen LogP contribution in [0.1, 0.15) is 5.82 Å². The third kappa shape index (κ3) is 3.90. The molecule has 0 saturated carbocycles. The van der Waals surface area contributed by atoms with Crippen LogP contribution >= 0.6 is 11.3 Å². The first-order chi connectivity index (χ1) is 10.3. The number of sulfonamides is 1. The second kappa shape index (κ2) is 6.55. The summed E-state index contributed by atoms with van der Waals surface area (Å²) in [6.07, 6.45) is 0. The van der Waals surface area contributed by atoms with Gasteiger partial charge in [0.15, 0.2) is 5.82 Å². The zero-order chi connectivity index (χ0) is 16.3. The highest BCUT2D eigenvalue weighted by atomic mass is 32.2. The molecular formula is C12H18N6O2S2. The van der Waals surface area contributed by atoms with Gasteiger partial charge in [-0.15, -0.1) is 11.3 Å². The molecule has 120 valence electrons. The molecule has 0 aliphatic heterocycles. The maximum atomic E-state index is 12.1. The molecule has 0 amide bonds. The van der Waals surface area contributed by atoms with Gasteiger partial charge in [0, 0.05) is 28.2 Å². The summed E-state index contributed by atoms with van der Waals surface area (Å²) >= 11 is 1.16. The van der Waals surface area contributed by atoms with E-state index in [1.165, 1.54) is 0 Å². The Morgan fingerprint density at radius 3 is 2.14 bits per heavy atom. The smallest absolute Gasteiger partial charge is 0.250 e. The van der Waals surface area contributed by atoms with Crippen LogP contribution in [0.15, 0.2) is 21.7 Å². The van der Waals surface area contributed by atoms with Gasteiger partial charge in [-0.1, -0.05) is 6.07 Å². The van der Waals surface area contributed by atoms with Crippen molar-refractivity contribution in [1.29, 1.82) is 0 Å². The van der Waals surface area contributed by atoms with E-state index in [2.05, 4.69) is 19.7 Å². The number of nitrogens with zero attached hydrogens (tertiary/aromatic N) is 5. The highest BCUT2D eigenvalue weighted by Crippen LogP contribution is 2.16. The second-order valence-corrected chi connectivity index (χ2v) is 7.84. The van der Waals surface area contributed by atoms with E-state index in [1.807, 2.05) is 28.2 Å². The van der Waals surface area contributed by atoms with Crippen molar-refractivity contribution in [3.63, 3.8) is 0 Å². The molecule has 22 heavy (non-hydrogen) atoms. The van der Waals surface area contributed by atoms with Gasteiger partial charge < -0.3 is 9.80 Å². The van der Waals surface area contributed by atoms with Gasteiger partial charge in [0.05, 0.1) is 6.54 Å². The fraction of sp³-hybridized carbons (Fsp3) is 0.417. The lowest BCUT2D eigenvalue weighted by Gasteiger charge is -2.16. The summed E-state index contributed by atoms with van der Waals surface area (Å²) in [5.74, 6) is 1.32. The van der Waals surface area contributed by atoms with Gasteiger partial charge >= 0.3 is 0 Å². The van der Waals surface area contributed by atoms with Crippen molar-refractivity contribution in [2.24, 2.45) is 0 Å². The first-order valence-corrected chi connectivity index (χ1v) is 8.78. The Balaban J connectivity index is 2.22. The van der Waals surface area contributed by atoms with Crippen molar-refractivity contribution in [3.8, 4) is 0 Å². The molecular weight excluding hydrogens is 324 g/mol. The van der Waals surface area contributed by atoms with Crippen LogP contribution in [0.4, 0.5) is 11.9 Å². The lowest BCUT2D eigenvalue weighted by Crippen LogP contribution is -2.26. The Hall–Kier alpha value is -1.78. The SMILES string of the molecule is CN(C)c1nc(CNS(=O)(=O)c2cccs2)nc(N(C)C)n1. The number of thiophene rings is 1. The molecule has 0 atom stereocenters. The largest absolute Gasteiger partial charge is 0.347 e. The fourth-order valence-corrected chi connectivity index (χ4v) is 3.54. The van der Waals surface area contributed by atoms with Gasteiger partial charge in [0.1, 0.15) is 4.21 Å². The molecule has 0 fully saturated rings. The lowest BCUT2D eigenvalue weighted by atomic mass is 10.6. The summed E-state index contributed by atoms with van der Waals surface area (Å²) in [6, 6.07) is 3.24. The molecule has 8 nitrogen and oxygen atoms in total. The summed E-state index contributed by atoms with van der Waals surface area (Å²) in [6.45, 7) is 0.00440. The quantitative estimate of drug-likeness (QED) is 0.819. The van der Waals surface area contributed by atoms with E-state index < -0.39 is 10.0 Å². The minimum absolute atomic E-state index is 0.00440. The first kappa shape index (κ1) is 16.6. The Morgan fingerprint density at radius 1 is 1.09 bits per heavy atom. The molecule has 2 aromatic rings. The van der Waals surface area contributed by atoms with Gasteiger partial charge in [0.2, 0.25) is 21.9 Å². The molecule has 0 radical (unpaired) electrons. The molecule has 0 spiro atoms. The molecule has 0 unspecified atom stereocenters. The normalized spacial score (nSPS) is 11.5. The van der Waals surface area contributed by atoms with E-state index in [0.717, 1.165) is 11.3 Å². The molecule has 0 saturated heterocycles. The monoisotopic (exact) mass is 342 g/mol. The Kier molecular flexibility index (Phi) is 4.94. The predicted octanol–water partition coefficient (Wildman–Crippen LogP) is 0.544. The average Bonchev–Trinajstić information content (AvgIpc) is 3.00. The Morgan fingerprint density at radius 2 is 1.68 bits per heavy atom. The van der Waals surface area contributed by atoms with Gasteiger partial charge in [-0.25, -0.2) is 13.1 Å². The van der Waals surface area contributed by atoms with Crippen LogP contribution in [-0.4, -0.2) is 51.6 Å². The van der Waals surface area contributed by atoms with Crippen molar-refractivity contribution in [1.82, 2.24) is 19.7 Å². The van der Waals surface area contributed by atoms with Crippen LogP contribution < -0.4 is 14.5 Å². The van der Waals surface area contributed by atoms with Crippen LogP contribution in [0.25, 0.3) is 0 Å². The van der Waals surface area contributed by atoms with Crippen LogP contribution in [0.3, 0.4) is 0 Å². The van der Waals surface area contributed by atoms with Gasteiger partial charge in [-0.05, 0) is 11.4 Å². The highest BCUT2D eigenvalue weighted by Gasteiger charge is 2.16. The number of rotatable bonds is 6. The minimum atomic E-state index is -3.54. The highest BCUT2D eigenvalue weighted by molar-refractivity contribution is 7.91. The van der Waals surface area contributed by atoms with Crippen molar-refractivity contribution in [3.05, 3.63) is 23.3 Å². The summed E-state index contributed by atoms with van der Waals surface area (Å²) < 4.78 is 27.0. The van der Waals surface area contributed by atoms with E-state index in [9.17, 15) is 8.42 Å². The van der Waals surface area contributed by atoms with Crippen molar-refractivity contribution >= 4 is 33.3 Å². The van der Waals surface area contributed by atoms with E-state index in [0.29, 0.717) is 17.7 Å². The van der Waals surface area contributed by atoms with Crippen molar-refractivity contribution in [2.75, 3.05) is 38.0 Å². The number of nitrogens with one attached hydrogen (secondary N) is 1. The zero-order valence-corrected chi connectivity index (χ0v) is 14.4. The van der Waals surface area contributed by atoms with Crippen LogP contribution in [0.2, 0.25) is 0 Å². The molecule has 0 aliphatic carbocycles. The van der Waals surface area contributed by atoms with E-state index in [4.69, 9.17) is 0 Å². The molecule has 2 heterocycles. The summed E-state index contributed by atoms with van der Waals surface area (Å²) in [5.41, 5.74) is 0. The topological polar surface area (TPSA) is 91.3 Å². The van der Waals surface area contributed by atoms with Gasteiger partial charge in [-0.3, -0.25) is 0 Å². The Labute approximate surface area is 133 Å². The number of hydrogen-bond acceptors (Lipinski definition) is 8. The molecule has 0 aliphatic rings. The maximum Gasteiger partial charge on any atom is 0.250 e. The second-order valence-electron chi connectivity index (χ2n) is 4.90. The van der Waals surface area contributed by atoms with Gasteiger partial charge in [0.25, 0.3) is 0 Å². The predicted molar refractivity (Wildman–Crippen MR) is 86.8 cm³/mol. The summed E-state index contributed by atoms with van der Waals surface area (Å²) in [4.78, 5) is 16.3. The molecule has 2 aromatic heterocycles. The molecule has 1 N–H and O–H groups in total. The van der Waals surface area contributed by atoms with Gasteiger partial charge in [-0.2, -0.15) is 15.0 Å². The standard InChI is InChI=1S/C12H18N6O2S2/c1-17(2)11-14-9(15-12(16-11)18(3)4)8-13-22(19,20)10-6-5-7-21-10/h5-7,13H,8H2,1-4H3. The molecule has 2 rings (SSSR count). The zero-order valence-electron chi connectivity index (χ0n) is 12.8. The average molecular weight is 342 g/mol. The van der Waals surface area contributed by atoms with E-state index in [-0.39, 0.29) is 10.8 Å². The minimum Gasteiger partial charge on any atom is -0.347 e. The molecule has 0 bridgehead atoms. The molecule has 0 aromatic carbocycles. The van der Waals surface area contributed by atoms with Crippen molar-refractivity contribution in [2.45, 2.75) is 10.8 Å². The third-order valence-electron chi connectivity index (χ3n) is 2.64. The maximum absolute atomic E-state index is 12.1. The molecule has 10 heteroatoms. The number of hydrogen-bond donors (Lipinski definition) is 1. The van der Waals surface area contributed by atoms with Crippen LogP contribution in [0.5, 0.6) is 0 Å². The van der Waals surface area contributed by atoms with Crippen LogP contribution in [-0.2, 0) is 16.6 Å². The summed E-state index contributed by atoms with van der Waals surface area (Å²) in [5, 5.41) is 1.71. The van der Waals surface area contributed by atoms with Crippen LogP contribution in [0, 0.1) is 0 Å². The van der Waals surface area contributed by atoms with E-state index in [1.54, 1.807) is 27.3 Å².